The number of halogens is 3. The summed E-state index contributed by atoms with van der Waals surface area (Å²) in [4.78, 5) is 0. The van der Waals surface area contributed by atoms with E-state index in [-0.39, 0.29) is 0 Å². The maximum absolute atomic E-state index is 9.67. The number of hydrogen-bond acceptors (Lipinski definition) is 1. The van der Waals surface area contributed by atoms with Crippen molar-refractivity contribution < 1.29 is 12.9 Å². The van der Waals surface area contributed by atoms with E-state index in [2.05, 4.69) is 0 Å². The molecule has 8 heavy (non-hydrogen) atoms. The number of rotatable bonds is 0. The Morgan fingerprint density at radius 1 is 1.50 bits per heavy atom. The van der Waals surface area contributed by atoms with Crippen LogP contribution in [0.3, 0.4) is 0 Å². The van der Waals surface area contributed by atoms with E-state index in [1.807, 2.05) is 6.07 Å². The molecule has 0 spiro atoms. The van der Waals surface area contributed by atoms with Crippen molar-refractivity contribution in [3.05, 3.63) is 0 Å². The van der Waals surface area contributed by atoms with Gasteiger partial charge < -0.3 is 0 Å². The molecule has 0 heterocycles. The van der Waals surface area contributed by atoms with Gasteiger partial charge in [0, 0.05) is 0 Å². The molecule has 0 atom stereocenters. The molecule has 0 radical (unpaired) electrons. The van der Waals surface area contributed by atoms with Gasteiger partial charge >= 0.3 is 68.3 Å². The quantitative estimate of drug-likeness (QED) is 0.468. The van der Waals surface area contributed by atoms with Crippen LogP contribution in [0.2, 0.25) is 0.515 Å². The monoisotopic (exact) mass is 147 g/mol. The summed E-state index contributed by atoms with van der Waals surface area (Å²) in [6, 6.07) is 2.01. The average molecular weight is 147 g/mol. The molecular formula is C2H2BF3KN. The van der Waals surface area contributed by atoms with Crippen LogP contribution in [0.25, 0.3) is 0 Å². The van der Waals surface area contributed by atoms with E-state index >= 15 is 0 Å². The van der Waals surface area contributed by atoms with E-state index in [0.717, 1.165) is 49.5 Å². The second-order valence-corrected chi connectivity index (χ2v) is 1.86. The van der Waals surface area contributed by atoms with Gasteiger partial charge in [0.2, 0.25) is 0 Å². The van der Waals surface area contributed by atoms with Crippen molar-refractivity contribution in [1.29, 1.82) is 5.26 Å². The molecule has 0 aliphatic carbocycles. The molecule has 0 unspecified atom stereocenters. The van der Waals surface area contributed by atoms with Crippen LogP contribution < -0.4 is 0 Å². The Labute approximate surface area is 80.1 Å². The zero-order valence-electron chi connectivity index (χ0n) is 4.37. The zero-order chi connectivity index (χ0) is 6.99. The summed E-state index contributed by atoms with van der Waals surface area (Å²) in [6.45, 7) is 0. The molecule has 0 aromatic heterocycles. The molecule has 0 aromatic carbocycles. The molecular weight excluding hydrogens is 145 g/mol. The summed E-state index contributed by atoms with van der Waals surface area (Å²) in [5, 5.41) is 7.67. The Bertz CT molecular complexity index is 69.4. The Hall–Kier alpha value is 0.981. The zero-order valence-corrected chi connectivity index (χ0v) is 7.49. The molecule has 0 bridgehead atoms. The molecule has 0 saturated carbocycles. The standard InChI is InChI=1S/C2H2N.BF3.K/c1-2-3;2-1(3)4;/h1H2;;. The van der Waals surface area contributed by atoms with Crippen LogP contribution in [-0.2, 0) is 0 Å². The van der Waals surface area contributed by atoms with Crippen LogP contribution in [0.5, 0.6) is 0 Å². The molecule has 0 aliphatic heterocycles. The third kappa shape index (κ3) is 63.6. The molecule has 1 nitrogen and oxygen atoms in total. The van der Waals surface area contributed by atoms with Gasteiger partial charge in [-0.2, -0.15) is 0 Å². The molecule has 0 aromatic rings. The van der Waals surface area contributed by atoms with Crippen LogP contribution in [0.1, 0.15) is 0 Å². The van der Waals surface area contributed by atoms with Crippen LogP contribution in [0.15, 0.2) is 0 Å². The van der Waals surface area contributed by atoms with E-state index < -0.39 is 7.54 Å². The Kier molecular flexibility index (Phi) is 16.0. The topological polar surface area (TPSA) is 23.8 Å². The van der Waals surface area contributed by atoms with Gasteiger partial charge in [-0.1, -0.05) is 0 Å². The molecule has 0 N–H and O–H groups in total. The first-order chi connectivity index (χ1) is 3.65. The summed E-state index contributed by atoms with van der Waals surface area (Å²) in [5.41, 5.74) is 0. The first-order valence-corrected chi connectivity index (χ1v) is 4.15. The van der Waals surface area contributed by atoms with E-state index in [0.29, 0.717) is 0 Å². The molecule has 6 heteroatoms. The van der Waals surface area contributed by atoms with Gasteiger partial charge in [-0.15, -0.1) is 0 Å². The summed E-state index contributed by atoms with van der Waals surface area (Å²) < 4.78 is 29.8. The van der Waals surface area contributed by atoms with Crippen LogP contribution in [0, 0.1) is 11.3 Å². The first-order valence-electron chi connectivity index (χ1n) is 1.94. The van der Waals surface area contributed by atoms with Crippen molar-refractivity contribution in [2.45, 2.75) is 0.515 Å². The van der Waals surface area contributed by atoms with Crippen molar-refractivity contribution in [3.63, 3.8) is 0 Å². The second-order valence-electron chi connectivity index (χ2n) is 0.759. The molecule has 0 amide bonds. The van der Waals surface area contributed by atoms with E-state index in [4.69, 9.17) is 5.26 Å². The Morgan fingerprint density at radius 2 is 1.62 bits per heavy atom. The Morgan fingerprint density at radius 3 is 1.62 bits per heavy atom. The van der Waals surface area contributed by atoms with Crippen molar-refractivity contribution in [1.82, 2.24) is 0 Å². The van der Waals surface area contributed by atoms with Crippen molar-refractivity contribution in [3.8, 4) is 6.07 Å². The fourth-order valence-corrected chi connectivity index (χ4v) is 0. The van der Waals surface area contributed by atoms with Gasteiger partial charge in [0.25, 0.3) is 0 Å². The summed E-state index contributed by atoms with van der Waals surface area (Å²) in [5.74, 6) is 0. The minimum atomic E-state index is -3.67. The normalized spacial score (nSPS) is 6.00. The third-order valence-electron chi connectivity index (χ3n) is 0.158. The van der Waals surface area contributed by atoms with Crippen molar-refractivity contribution in [2.75, 3.05) is 0 Å². The fourth-order valence-electron chi connectivity index (χ4n) is 0. The number of nitrogens with zero attached hydrogens (tertiary/aromatic N) is 1. The van der Waals surface area contributed by atoms with Crippen molar-refractivity contribution >= 4 is 56.5 Å². The molecule has 0 fully saturated rings. The number of hydrogen-bond donors (Lipinski definition) is 0. The Balaban J connectivity index is 0. The van der Waals surface area contributed by atoms with Gasteiger partial charge in [0.1, 0.15) is 0 Å². The van der Waals surface area contributed by atoms with E-state index in [1.165, 1.54) is 0 Å². The number of nitriles is 1. The maximum atomic E-state index is 9.67. The first kappa shape index (κ1) is 11.7. The van der Waals surface area contributed by atoms with Gasteiger partial charge in [-0.05, 0) is 0 Å². The van der Waals surface area contributed by atoms with Gasteiger partial charge in [0.05, 0.1) is 0 Å². The van der Waals surface area contributed by atoms with E-state index in [9.17, 15) is 12.9 Å². The minimum absolute atomic E-state index is 0.752. The van der Waals surface area contributed by atoms with Gasteiger partial charge in [-0.3, -0.25) is 12.9 Å². The van der Waals surface area contributed by atoms with Crippen LogP contribution >= 0.6 is 0 Å². The summed E-state index contributed by atoms with van der Waals surface area (Å²) >= 11 is 0.752. The summed E-state index contributed by atoms with van der Waals surface area (Å²) in [6.07, 6.45) is 0. The molecule has 40 valence electrons. The van der Waals surface area contributed by atoms with Crippen LogP contribution in [-0.4, -0.2) is 56.5 Å². The molecule has 0 saturated heterocycles. The van der Waals surface area contributed by atoms with Gasteiger partial charge in [-0.25, -0.2) is 0 Å². The van der Waals surface area contributed by atoms with Gasteiger partial charge in [0.15, 0.2) is 0 Å². The summed E-state index contributed by atoms with van der Waals surface area (Å²) in [7, 11) is -3.67. The average Bonchev–Trinajstić information content (AvgIpc) is 1.65. The van der Waals surface area contributed by atoms with E-state index in [1.54, 1.807) is 0 Å². The predicted molar refractivity (Wildman–Crippen MR) is 25.3 cm³/mol. The molecule has 0 rings (SSSR count). The fraction of sp³-hybridized carbons (Fsp3) is 0.500. The predicted octanol–water partition coefficient (Wildman–Crippen LogP) is 0.977. The van der Waals surface area contributed by atoms with Crippen LogP contribution in [0.4, 0.5) is 12.9 Å². The second kappa shape index (κ2) is 10.9. The molecule has 0 aliphatic rings. The SMILES string of the molecule is FB(F)F.N#C[CH2][K]. The van der Waals surface area contributed by atoms with Crippen molar-refractivity contribution in [2.24, 2.45) is 0 Å². The third-order valence-corrected chi connectivity index (χ3v) is 0.652.